The van der Waals surface area contributed by atoms with Crippen molar-refractivity contribution in [1.82, 2.24) is 0 Å². The number of benzene rings is 2. The van der Waals surface area contributed by atoms with E-state index in [1.165, 1.54) is 25.3 Å². The van der Waals surface area contributed by atoms with Crippen LogP contribution in [0.4, 0.5) is 8.78 Å². The number of carbonyl (C=O) groups is 1. The summed E-state index contributed by atoms with van der Waals surface area (Å²) in [6.45, 7) is 0. The van der Waals surface area contributed by atoms with E-state index in [0.717, 1.165) is 12.1 Å². The highest BCUT2D eigenvalue weighted by molar-refractivity contribution is 5.91. The maximum absolute atomic E-state index is 12.9. The number of carbonyl (C=O) groups excluding carboxylic acids is 1. The molecule has 3 nitrogen and oxygen atoms in total. The molecule has 19 heavy (non-hydrogen) atoms. The van der Waals surface area contributed by atoms with Gasteiger partial charge in [0.25, 0.3) is 0 Å². The van der Waals surface area contributed by atoms with E-state index >= 15 is 0 Å². The molecule has 0 saturated carbocycles. The predicted molar refractivity (Wildman–Crippen MR) is 64.3 cm³/mol. The fourth-order valence-corrected chi connectivity index (χ4v) is 1.43. The number of halogens is 2. The fraction of sp³-hybridized carbons (Fsp3) is 0.0714. The Labute approximate surface area is 108 Å². The molecule has 5 heteroatoms. The first-order chi connectivity index (χ1) is 9.10. The van der Waals surface area contributed by atoms with E-state index in [1.807, 2.05) is 0 Å². The summed E-state index contributed by atoms with van der Waals surface area (Å²) in [5.41, 5.74) is 0.283. The molecule has 0 aliphatic rings. The third kappa shape index (κ3) is 3.07. The van der Waals surface area contributed by atoms with Crippen LogP contribution < -0.4 is 9.47 Å². The zero-order valence-corrected chi connectivity index (χ0v) is 10.0. The van der Waals surface area contributed by atoms with Gasteiger partial charge in [0.2, 0.25) is 0 Å². The number of methoxy groups -OCH3 is 1. The molecular weight excluding hydrogens is 254 g/mol. The van der Waals surface area contributed by atoms with Gasteiger partial charge in [0.15, 0.2) is 11.6 Å². The molecule has 0 N–H and O–H groups in total. The Bertz CT molecular complexity index is 594. The summed E-state index contributed by atoms with van der Waals surface area (Å²) in [7, 11) is 1.51. The van der Waals surface area contributed by atoms with E-state index in [2.05, 4.69) is 0 Å². The molecule has 2 rings (SSSR count). The third-order valence-electron chi connectivity index (χ3n) is 2.43. The van der Waals surface area contributed by atoms with E-state index in [0.29, 0.717) is 5.75 Å². The predicted octanol–water partition coefficient (Wildman–Crippen LogP) is 3.19. The van der Waals surface area contributed by atoms with Crippen LogP contribution in [-0.2, 0) is 0 Å². The minimum Gasteiger partial charge on any atom is -0.497 e. The maximum atomic E-state index is 12.9. The van der Waals surface area contributed by atoms with Gasteiger partial charge in [-0.15, -0.1) is 0 Å². The van der Waals surface area contributed by atoms with Gasteiger partial charge in [-0.1, -0.05) is 0 Å². The van der Waals surface area contributed by atoms with Gasteiger partial charge in [0.1, 0.15) is 11.5 Å². The van der Waals surface area contributed by atoms with Crippen molar-refractivity contribution in [2.24, 2.45) is 0 Å². The Kier molecular flexibility index (Phi) is 3.75. The molecular formula is C14H10F2O3. The highest BCUT2D eigenvalue weighted by atomic mass is 19.2. The zero-order valence-electron chi connectivity index (χ0n) is 10.0. The second kappa shape index (κ2) is 5.48. The van der Waals surface area contributed by atoms with Gasteiger partial charge in [0, 0.05) is 6.07 Å². The lowest BCUT2D eigenvalue weighted by atomic mass is 10.2. The first kappa shape index (κ1) is 13.0. The van der Waals surface area contributed by atoms with Gasteiger partial charge in [-0.3, -0.25) is 0 Å². The average Bonchev–Trinajstić information content (AvgIpc) is 2.43. The van der Waals surface area contributed by atoms with Crippen molar-refractivity contribution in [3.05, 3.63) is 59.7 Å². The zero-order chi connectivity index (χ0) is 13.8. The molecule has 0 radical (unpaired) electrons. The molecule has 2 aromatic rings. The molecule has 0 bridgehead atoms. The Morgan fingerprint density at radius 3 is 2.16 bits per heavy atom. The lowest BCUT2D eigenvalue weighted by molar-refractivity contribution is 0.0734. The fourth-order valence-electron chi connectivity index (χ4n) is 1.43. The smallest absolute Gasteiger partial charge is 0.343 e. The van der Waals surface area contributed by atoms with Crippen LogP contribution in [0.15, 0.2) is 42.5 Å². The molecule has 0 aromatic heterocycles. The van der Waals surface area contributed by atoms with Gasteiger partial charge in [-0.2, -0.15) is 0 Å². The molecule has 0 saturated heterocycles. The van der Waals surface area contributed by atoms with Crippen LogP contribution in [0.1, 0.15) is 10.4 Å². The molecule has 0 fully saturated rings. The van der Waals surface area contributed by atoms with Crippen molar-refractivity contribution in [3.8, 4) is 11.5 Å². The number of rotatable bonds is 3. The maximum Gasteiger partial charge on any atom is 0.343 e. The SMILES string of the molecule is COc1ccc(C(=O)Oc2ccc(F)c(F)c2)cc1. The summed E-state index contributed by atoms with van der Waals surface area (Å²) in [6.07, 6.45) is 0. The summed E-state index contributed by atoms with van der Waals surface area (Å²) in [5, 5.41) is 0. The van der Waals surface area contributed by atoms with Crippen LogP contribution in [0.2, 0.25) is 0 Å². The van der Waals surface area contributed by atoms with Crippen molar-refractivity contribution in [2.75, 3.05) is 7.11 Å². The topological polar surface area (TPSA) is 35.5 Å². The van der Waals surface area contributed by atoms with Crippen molar-refractivity contribution in [1.29, 1.82) is 0 Å². The number of hydrogen-bond acceptors (Lipinski definition) is 3. The lowest BCUT2D eigenvalue weighted by Crippen LogP contribution is -2.08. The first-order valence-electron chi connectivity index (χ1n) is 5.41. The molecule has 0 atom stereocenters. The van der Waals surface area contributed by atoms with Crippen LogP contribution in [0.5, 0.6) is 11.5 Å². The summed E-state index contributed by atoms with van der Waals surface area (Å²) in [5.74, 6) is -2.18. The van der Waals surface area contributed by atoms with Crippen LogP contribution in [0.3, 0.4) is 0 Å². The molecule has 2 aromatic carbocycles. The molecule has 98 valence electrons. The van der Waals surface area contributed by atoms with Crippen LogP contribution >= 0.6 is 0 Å². The molecule has 0 aliphatic heterocycles. The van der Waals surface area contributed by atoms with Gasteiger partial charge < -0.3 is 9.47 Å². The first-order valence-corrected chi connectivity index (χ1v) is 5.41. The number of ether oxygens (including phenoxy) is 2. The summed E-state index contributed by atoms with van der Waals surface area (Å²) in [4.78, 5) is 11.7. The number of hydrogen-bond donors (Lipinski definition) is 0. The minimum atomic E-state index is -1.07. The summed E-state index contributed by atoms with van der Waals surface area (Å²) >= 11 is 0. The average molecular weight is 264 g/mol. The third-order valence-corrected chi connectivity index (χ3v) is 2.43. The van der Waals surface area contributed by atoms with Crippen molar-refractivity contribution in [2.45, 2.75) is 0 Å². The van der Waals surface area contributed by atoms with Gasteiger partial charge in [-0.05, 0) is 36.4 Å². The summed E-state index contributed by atoms with van der Waals surface area (Å²) in [6, 6.07) is 9.12. The highest BCUT2D eigenvalue weighted by Gasteiger charge is 2.10. The van der Waals surface area contributed by atoms with Crippen LogP contribution in [0, 0.1) is 11.6 Å². The quantitative estimate of drug-likeness (QED) is 0.631. The van der Waals surface area contributed by atoms with E-state index in [4.69, 9.17) is 9.47 Å². The van der Waals surface area contributed by atoms with E-state index in [9.17, 15) is 13.6 Å². The molecule has 0 amide bonds. The standard InChI is InChI=1S/C14H10F2O3/c1-18-10-4-2-9(3-5-10)14(17)19-11-6-7-12(15)13(16)8-11/h2-8H,1H3. The second-order valence-corrected chi connectivity index (χ2v) is 3.69. The van der Waals surface area contributed by atoms with E-state index < -0.39 is 17.6 Å². The summed E-state index contributed by atoms with van der Waals surface area (Å²) < 4.78 is 35.5. The minimum absolute atomic E-state index is 0.0558. The van der Waals surface area contributed by atoms with E-state index in [1.54, 1.807) is 12.1 Å². The Hall–Kier alpha value is -2.43. The molecule has 0 unspecified atom stereocenters. The van der Waals surface area contributed by atoms with E-state index in [-0.39, 0.29) is 11.3 Å². The van der Waals surface area contributed by atoms with Gasteiger partial charge >= 0.3 is 5.97 Å². The monoisotopic (exact) mass is 264 g/mol. The second-order valence-electron chi connectivity index (χ2n) is 3.69. The van der Waals surface area contributed by atoms with Crippen LogP contribution in [0.25, 0.3) is 0 Å². The van der Waals surface area contributed by atoms with Crippen molar-refractivity contribution < 1.29 is 23.0 Å². The van der Waals surface area contributed by atoms with Crippen LogP contribution in [-0.4, -0.2) is 13.1 Å². The molecule has 0 aliphatic carbocycles. The van der Waals surface area contributed by atoms with Crippen molar-refractivity contribution in [3.63, 3.8) is 0 Å². The van der Waals surface area contributed by atoms with Gasteiger partial charge in [-0.25, -0.2) is 13.6 Å². The van der Waals surface area contributed by atoms with Crippen molar-refractivity contribution >= 4 is 5.97 Å². The normalized spacial score (nSPS) is 10.1. The molecule has 0 spiro atoms. The number of esters is 1. The Morgan fingerprint density at radius 1 is 0.947 bits per heavy atom. The Morgan fingerprint density at radius 2 is 1.58 bits per heavy atom. The van der Waals surface area contributed by atoms with Gasteiger partial charge in [0.05, 0.1) is 12.7 Å². The Balaban J connectivity index is 2.13. The highest BCUT2D eigenvalue weighted by Crippen LogP contribution is 2.18. The largest absolute Gasteiger partial charge is 0.497 e. The molecule has 0 heterocycles. The lowest BCUT2D eigenvalue weighted by Gasteiger charge is -2.05.